The fourth-order valence-corrected chi connectivity index (χ4v) is 4.06. The third kappa shape index (κ3) is 1.34. The first kappa shape index (κ1) is 7.68. The summed E-state index contributed by atoms with van der Waals surface area (Å²) in [6.45, 7) is 2.15. The molecular formula is C6H8N2OS2. The van der Waals surface area contributed by atoms with Crippen molar-refractivity contribution in [1.29, 1.82) is 0 Å². The molecule has 11 heavy (non-hydrogen) atoms. The van der Waals surface area contributed by atoms with Crippen molar-refractivity contribution in [1.82, 2.24) is 4.90 Å². The van der Waals surface area contributed by atoms with Crippen molar-refractivity contribution in [2.24, 2.45) is 4.99 Å². The van der Waals surface area contributed by atoms with Crippen molar-refractivity contribution in [2.45, 2.75) is 4.33 Å². The van der Waals surface area contributed by atoms with E-state index >= 15 is 0 Å². The van der Waals surface area contributed by atoms with Crippen LogP contribution < -0.4 is 0 Å². The number of nitrogens with zero attached hydrogens (tertiary/aromatic N) is 2. The predicted molar refractivity (Wildman–Crippen MR) is 47.3 cm³/mol. The molecule has 0 aromatic heterocycles. The van der Waals surface area contributed by atoms with Gasteiger partial charge in [0, 0.05) is 24.6 Å². The molecule has 0 aliphatic carbocycles. The first-order valence-electron chi connectivity index (χ1n) is 3.49. The molecule has 2 heterocycles. The summed E-state index contributed by atoms with van der Waals surface area (Å²) in [5, 5.41) is 0. The molecule has 2 rings (SSSR count). The van der Waals surface area contributed by atoms with E-state index in [0.717, 1.165) is 24.6 Å². The fraction of sp³-hybridized carbons (Fsp3) is 0.833. The molecule has 0 N–H and O–H groups in total. The molecule has 0 atom stereocenters. The fourth-order valence-electron chi connectivity index (χ4n) is 1.10. The van der Waals surface area contributed by atoms with E-state index in [9.17, 15) is 4.79 Å². The third-order valence-corrected chi connectivity index (χ3v) is 4.93. The highest BCUT2D eigenvalue weighted by atomic mass is 32.2. The molecule has 0 radical (unpaired) electrons. The van der Waals surface area contributed by atoms with Crippen LogP contribution in [0.2, 0.25) is 0 Å². The number of aliphatic imine (C=N–C) groups is 1. The summed E-state index contributed by atoms with van der Waals surface area (Å²) in [5.74, 6) is 2.18. The number of rotatable bonds is 2. The van der Waals surface area contributed by atoms with Crippen LogP contribution in [-0.2, 0) is 4.79 Å². The maximum Gasteiger partial charge on any atom is 0.238 e. The normalized spacial score (nSPS) is 28.0. The lowest BCUT2D eigenvalue weighted by Gasteiger charge is -2.20. The quantitative estimate of drug-likeness (QED) is 0.363. The molecule has 2 fully saturated rings. The van der Waals surface area contributed by atoms with E-state index in [0.29, 0.717) is 0 Å². The van der Waals surface area contributed by atoms with Gasteiger partial charge in [0.15, 0.2) is 0 Å². The molecule has 2 aliphatic heterocycles. The number of isocyanates is 1. The lowest BCUT2D eigenvalue weighted by molar-refractivity contribution is 0.490. The highest BCUT2D eigenvalue weighted by Gasteiger charge is 2.46. The molecule has 0 unspecified atom stereocenters. The molecule has 0 spiro atoms. The van der Waals surface area contributed by atoms with Crippen molar-refractivity contribution < 1.29 is 4.79 Å². The summed E-state index contributed by atoms with van der Waals surface area (Å²) in [5.41, 5.74) is 0. The second kappa shape index (κ2) is 2.83. The largest absolute Gasteiger partial charge is 0.259 e. The summed E-state index contributed by atoms with van der Waals surface area (Å²) >= 11 is 3.49. The lowest BCUT2D eigenvalue weighted by atomic mass is 11.0. The molecule has 3 nitrogen and oxygen atoms in total. The standard InChI is InChI=1S/C6H8N2OS2/c9-5-7-6(8-1-2-8)10-3-4-11-6/h1-4H2. The van der Waals surface area contributed by atoms with E-state index in [1.807, 2.05) is 0 Å². The number of hydrogen-bond acceptors (Lipinski definition) is 5. The van der Waals surface area contributed by atoms with Crippen LogP contribution in [0.1, 0.15) is 0 Å². The maximum atomic E-state index is 10.2. The van der Waals surface area contributed by atoms with Gasteiger partial charge in [-0.15, -0.1) is 23.5 Å². The van der Waals surface area contributed by atoms with Crippen LogP contribution in [-0.4, -0.2) is 39.9 Å². The van der Waals surface area contributed by atoms with Crippen molar-refractivity contribution in [3.63, 3.8) is 0 Å². The van der Waals surface area contributed by atoms with Crippen molar-refractivity contribution in [3.8, 4) is 0 Å². The molecule has 0 aromatic rings. The average molecular weight is 188 g/mol. The van der Waals surface area contributed by atoms with Gasteiger partial charge >= 0.3 is 0 Å². The van der Waals surface area contributed by atoms with E-state index in [1.54, 1.807) is 29.6 Å². The number of thioether (sulfide) groups is 2. The van der Waals surface area contributed by atoms with Gasteiger partial charge in [-0.25, -0.2) is 4.79 Å². The molecule has 0 saturated carbocycles. The van der Waals surface area contributed by atoms with E-state index < -0.39 is 0 Å². The molecule has 2 aliphatic rings. The zero-order valence-corrected chi connectivity index (χ0v) is 7.58. The van der Waals surface area contributed by atoms with Crippen LogP contribution in [0.4, 0.5) is 0 Å². The predicted octanol–water partition coefficient (Wildman–Crippen LogP) is 0.729. The topological polar surface area (TPSA) is 32.4 Å². The number of carbonyl (C=O) groups excluding carboxylic acids is 1. The molecule has 60 valence electrons. The van der Waals surface area contributed by atoms with Gasteiger partial charge in [-0.05, 0) is 0 Å². The van der Waals surface area contributed by atoms with Crippen LogP contribution in [0.25, 0.3) is 0 Å². The van der Waals surface area contributed by atoms with Crippen molar-refractivity contribution in [2.75, 3.05) is 24.6 Å². The summed E-state index contributed by atoms with van der Waals surface area (Å²) in [7, 11) is 0. The molecule has 5 heteroatoms. The molecule has 0 amide bonds. The van der Waals surface area contributed by atoms with Crippen LogP contribution in [0.3, 0.4) is 0 Å². The summed E-state index contributed by atoms with van der Waals surface area (Å²) in [6, 6.07) is 0. The minimum atomic E-state index is -0.276. The number of hydrogen-bond donors (Lipinski definition) is 0. The van der Waals surface area contributed by atoms with E-state index in [2.05, 4.69) is 9.89 Å². The molecule has 2 saturated heterocycles. The Morgan fingerprint density at radius 3 is 2.45 bits per heavy atom. The average Bonchev–Trinajstić information content (AvgIpc) is 2.76. The van der Waals surface area contributed by atoms with E-state index in [1.165, 1.54) is 0 Å². The van der Waals surface area contributed by atoms with Gasteiger partial charge in [0.1, 0.15) is 0 Å². The highest BCUT2D eigenvalue weighted by molar-refractivity contribution is 8.21. The van der Waals surface area contributed by atoms with Crippen molar-refractivity contribution >= 4 is 29.6 Å². The van der Waals surface area contributed by atoms with Gasteiger partial charge < -0.3 is 0 Å². The third-order valence-electron chi connectivity index (χ3n) is 1.70. The minimum Gasteiger partial charge on any atom is -0.259 e. The second-order valence-electron chi connectivity index (χ2n) is 2.44. The van der Waals surface area contributed by atoms with Gasteiger partial charge in [0.25, 0.3) is 0 Å². The van der Waals surface area contributed by atoms with Gasteiger partial charge in [-0.2, -0.15) is 4.99 Å². The Hall–Kier alpha value is 0.0400. The summed E-state index contributed by atoms with van der Waals surface area (Å²) in [4.78, 5) is 16.2. The van der Waals surface area contributed by atoms with E-state index in [-0.39, 0.29) is 4.33 Å². The van der Waals surface area contributed by atoms with E-state index in [4.69, 9.17) is 0 Å². The zero-order valence-electron chi connectivity index (χ0n) is 5.95. The smallest absolute Gasteiger partial charge is 0.238 e. The Morgan fingerprint density at radius 2 is 2.00 bits per heavy atom. The van der Waals surface area contributed by atoms with Gasteiger partial charge in [-0.3, -0.25) is 4.90 Å². The Balaban J connectivity index is 2.17. The van der Waals surface area contributed by atoms with Gasteiger partial charge in [0.05, 0.1) is 0 Å². The lowest BCUT2D eigenvalue weighted by Crippen LogP contribution is -2.24. The summed E-state index contributed by atoms with van der Waals surface area (Å²) < 4.78 is -0.276. The van der Waals surface area contributed by atoms with Crippen LogP contribution in [0.15, 0.2) is 4.99 Å². The Kier molecular flexibility index (Phi) is 1.97. The Bertz CT molecular complexity index is 205. The monoisotopic (exact) mass is 188 g/mol. The van der Waals surface area contributed by atoms with Gasteiger partial charge in [-0.1, -0.05) is 0 Å². The summed E-state index contributed by atoms with van der Waals surface area (Å²) in [6.07, 6.45) is 1.66. The molecular weight excluding hydrogens is 180 g/mol. The SMILES string of the molecule is O=C=NC1(N2CC2)SCCS1. The Morgan fingerprint density at radius 1 is 1.36 bits per heavy atom. The Labute approximate surface area is 73.6 Å². The second-order valence-corrected chi connectivity index (χ2v) is 5.23. The van der Waals surface area contributed by atoms with Crippen LogP contribution in [0.5, 0.6) is 0 Å². The van der Waals surface area contributed by atoms with Crippen molar-refractivity contribution in [3.05, 3.63) is 0 Å². The molecule has 0 aromatic carbocycles. The van der Waals surface area contributed by atoms with Crippen LogP contribution in [0, 0.1) is 0 Å². The minimum absolute atomic E-state index is 0.276. The van der Waals surface area contributed by atoms with Crippen LogP contribution >= 0.6 is 23.5 Å². The first-order chi connectivity index (χ1) is 5.37. The maximum absolute atomic E-state index is 10.2. The molecule has 0 bridgehead atoms. The van der Waals surface area contributed by atoms with Gasteiger partial charge in [0.2, 0.25) is 10.4 Å². The highest BCUT2D eigenvalue weighted by Crippen LogP contribution is 2.49. The zero-order chi connectivity index (χ0) is 7.73. The first-order valence-corrected chi connectivity index (χ1v) is 5.46.